The molecule has 0 aliphatic rings. The fourth-order valence-electron chi connectivity index (χ4n) is 4.16. The Bertz CT molecular complexity index is 1310. The van der Waals surface area contributed by atoms with Crippen LogP contribution in [0, 0.1) is 20.8 Å². The van der Waals surface area contributed by atoms with E-state index in [1.165, 1.54) is 4.90 Å². The number of ether oxygens (including phenoxy) is 1. The molecule has 1 heterocycles. The van der Waals surface area contributed by atoms with E-state index >= 15 is 0 Å². The van der Waals surface area contributed by atoms with Crippen molar-refractivity contribution >= 4 is 29.2 Å². The zero-order valence-corrected chi connectivity index (χ0v) is 23.8. The van der Waals surface area contributed by atoms with Crippen molar-refractivity contribution in [3.05, 3.63) is 71.0 Å². The molecule has 3 amide bonds. The van der Waals surface area contributed by atoms with E-state index in [2.05, 4.69) is 15.8 Å². The van der Waals surface area contributed by atoms with Crippen molar-refractivity contribution in [3.8, 4) is 5.75 Å². The predicted octanol–water partition coefficient (Wildman–Crippen LogP) is 5.41. The average molecular weight is 535 g/mol. The fourth-order valence-corrected chi connectivity index (χ4v) is 4.16. The van der Waals surface area contributed by atoms with Crippen LogP contribution in [-0.4, -0.2) is 35.5 Å². The van der Waals surface area contributed by atoms with Crippen molar-refractivity contribution < 1.29 is 23.6 Å². The van der Waals surface area contributed by atoms with Gasteiger partial charge in [-0.1, -0.05) is 41.9 Å². The Labute approximate surface area is 229 Å². The highest BCUT2D eigenvalue weighted by Crippen LogP contribution is 2.33. The highest BCUT2D eigenvalue weighted by atomic mass is 16.5. The molecule has 2 aromatic carbocycles. The molecule has 0 fully saturated rings. The molecule has 39 heavy (non-hydrogen) atoms. The molecule has 0 bridgehead atoms. The van der Waals surface area contributed by atoms with E-state index in [4.69, 9.17) is 9.26 Å². The monoisotopic (exact) mass is 534 g/mol. The molecule has 0 spiro atoms. The summed E-state index contributed by atoms with van der Waals surface area (Å²) in [6.07, 6.45) is 0.490. The normalized spacial score (nSPS) is 12.0. The molecule has 0 unspecified atom stereocenters. The van der Waals surface area contributed by atoms with Gasteiger partial charge in [0.25, 0.3) is 0 Å². The number of benzene rings is 2. The quantitative estimate of drug-likeness (QED) is 0.340. The minimum atomic E-state index is -0.975. The Morgan fingerprint density at radius 1 is 1.03 bits per heavy atom. The third-order valence-electron chi connectivity index (χ3n) is 6.63. The lowest BCUT2D eigenvalue weighted by atomic mass is 9.97. The standard InChI is InChI=1S/C30H38N4O5/c1-8-30(5,6)32-29(37)28(22-10-12-23(38-7)13-11-22)34(24-14-9-19(2)17-20(24)3)27(36)16-15-26(35)31-25-18-21(4)39-33-25/h9-14,17-18,28H,8,15-16H2,1-7H3,(H,32,37)(H,31,33,35)/t28-/m0/s1. The number of hydrogen-bond acceptors (Lipinski definition) is 6. The van der Waals surface area contributed by atoms with Crippen LogP contribution in [0.4, 0.5) is 11.5 Å². The largest absolute Gasteiger partial charge is 0.497 e. The van der Waals surface area contributed by atoms with E-state index < -0.39 is 11.6 Å². The van der Waals surface area contributed by atoms with Crippen LogP contribution < -0.4 is 20.3 Å². The molecule has 2 N–H and O–H groups in total. The van der Waals surface area contributed by atoms with Crippen LogP contribution in [0.15, 0.2) is 53.1 Å². The maximum Gasteiger partial charge on any atom is 0.248 e. The Balaban J connectivity index is 2.01. The first kappa shape index (κ1) is 29.4. The zero-order chi connectivity index (χ0) is 28.7. The summed E-state index contributed by atoms with van der Waals surface area (Å²) in [7, 11) is 1.57. The first-order valence-electron chi connectivity index (χ1n) is 13.0. The van der Waals surface area contributed by atoms with Crippen LogP contribution in [-0.2, 0) is 14.4 Å². The first-order valence-corrected chi connectivity index (χ1v) is 13.0. The minimum absolute atomic E-state index is 0.0937. The van der Waals surface area contributed by atoms with Gasteiger partial charge < -0.3 is 19.9 Å². The second-order valence-electron chi connectivity index (χ2n) is 10.3. The van der Waals surface area contributed by atoms with Gasteiger partial charge in [-0.25, -0.2) is 0 Å². The smallest absolute Gasteiger partial charge is 0.248 e. The summed E-state index contributed by atoms with van der Waals surface area (Å²) in [5, 5.41) is 9.52. The van der Waals surface area contributed by atoms with Crippen LogP contribution >= 0.6 is 0 Å². The molecule has 3 aromatic rings. The summed E-state index contributed by atoms with van der Waals surface area (Å²) in [6.45, 7) is 11.5. The van der Waals surface area contributed by atoms with Crippen LogP contribution in [0.2, 0.25) is 0 Å². The van der Waals surface area contributed by atoms with Crippen LogP contribution in [0.1, 0.15) is 68.5 Å². The van der Waals surface area contributed by atoms with Gasteiger partial charge in [-0.3, -0.25) is 19.3 Å². The lowest BCUT2D eigenvalue weighted by Crippen LogP contribution is -2.50. The number of amides is 3. The number of aromatic nitrogens is 1. The average Bonchev–Trinajstić information content (AvgIpc) is 3.30. The van der Waals surface area contributed by atoms with E-state index in [0.29, 0.717) is 29.2 Å². The van der Waals surface area contributed by atoms with Crippen LogP contribution in [0.3, 0.4) is 0 Å². The van der Waals surface area contributed by atoms with E-state index in [0.717, 1.165) is 11.1 Å². The Hall–Kier alpha value is -4.14. The Kier molecular flexibility index (Phi) is 9.51. The maximum absolute atomic E-state index is 13.9. The number of anilines is 2. The number of nitrogens with one attached hydrogen (secondary N) is 2. The Morgan fingerprint density at radius 2 is 1.72 bits per heavy atom. The molecule has 1 aromatic heterocycles. The van der Waals surface area contributed by atoms with Gasteiger partial charge in [-0.2, -0.15) is 0 Å². The molecule has 0 saturated carbocycles. The van der Waals surface area contributed by atoms with Crippen molar-refractivity contribution in [2.24, 2.45) is 0 Å². The zero-order valence-electron chi connectivity index (χ0n) is 23.8. The lowest BCUT2D eigenvalue weighted by Gasteiger charge is -2.35. The molecule has 9 nitrogen and oxygen atoms in total. The topological polar surface area (TPSA) is 114 Å². The second-order valence-corrected chi connectivity index (χ2v) is 10.3. The number of carbonyl (C=O) groups is 3. The van der Waals surface area contributed by atoms with Gasteiger partial charge in [0.1, 0.15) is 17.6 Å². The number of nitrogens with zero attached hydrogens (tertiary/aromatic N) is 2. The number of rotatable bonds is 11. The van der Waals surface area contributed by atoms with E-state index in [-0.39, 0.29) is 36.4 Å². The third-order valence-corrected chi connectivity index (χ3v) is 6.63. The summed E-state index contributed by atoms with van der Waals surface area (Å²) >= 11 is 0. The maximum atomic E-state index is 13.9. The summed E-state index contributed by atoms with van der Waals surface area (Å²) in [4.78, 5) is 42.0. The summed E-state index contributed by atoms with van der Waals surface area (Å²) in [5.74, 6) is 0.423. The lowest BCUT2D eigenvalue weighted by molar-refractivity contribution is -0.128. The number of carbonyl (C=O) groups excluding carboxylic acids is 3. The highest BCUT2D eigenvalue weighted by Gasteiger charge is 2.35. The van der Waals surface area contributed by atoms with Crippen molar-refractivity contribution in [1.29, 1.82) is 0 Å². The number of hydrogen-bond donors (Lipinski definition) is 2. The van der Waals surface area contributed by atoms with E-state index in [1.807, 2.05) is 52.8 Å². The molecule has 0 aliphatic carbocycles. The molecule has 0 saturated heterocycles. The van der Waals surface area contributed by atoms with Gasteiger partial charge in [0.05, 0.1) is 7.11 Å². The minimum Gasteiger partial charge on any atom is -0.497 e. The molecule has 0 radical (unpaired) electrons. The van der Waals surface area contributed by atoms with Crippen LogP contribution in [0.25, 0.3) is 0 Å². The predicted molar refractivity (Wildman–Crippen MR) is 151 cm³/mol. The number of aryl methyl sites for hydroxylation is 3. The van der Waals surface area contributed by atoms with Gasteiger partial charge in [0, 0.05) is 30.1 Å². The number of methoxy groups -OCH3 is 1. The van der Waals surface area contributed by atoms with Gasteiger partial charge in [0.2, 0.25) is 17.7 Å². The molecular formula is C30H38N4O5. The fraction of sp³-hybridized carbons (Fsp3) is 0.400. The van der Waals surface area contributed by atoms with Crippen molar-refractivity contribution in [2.45, 2.75) is 72.4 Å². The molecule has 1 atom stereocenters. The van der Waals surface area contributed by atoms with Gasteiger partial charge in [0.15, 0.2) is 5.82 Å². The summed E-state index contributed by atoms with van der Waals surface area (Å²) in [5.41, 5.74) is 2.60. The SMILES string of the molecule is CCC(C)(C)NC(=O)[C@H](c1ccc(OC)cc1)N(C(=O)CCC(=O)Nc1cc(C)on1)c1ccc(C)cc1C. The van der Waals surface area contributed by atoms with E-state index in [1.54, 1.807) is 44.4 Å². The molecular weight excluding hydrogens is 496 g/mol. The van der Waals surface area contributed by atoms with Gasteiger partial charge in [-0.05, 0) is 70.4 Å². The molecule has 9 heteroatoms. The van der Waals surface area contributed by atoms with Gasteiger partial charge in [-0.15, -0.1) is 0 Å². The summed E-state index contributed by atoms with van der Waals surface area (Å²) in [6, 6.07) is 13.4. The molecule has 0 aliphatic heterocycles. The first-order chi connectivity index (χ1) is 18.4. The van der Waals surface area contributed by atoms with Crippen molar-refractivity contribution in [3.63, 3.8) is 0 Å². The Morgan fingerprint density at radius 3 is 2.28 bits per heavy atom. The highest BCUT2D eigenvalue weighted by molar-refractivity contribution is 6.03. The van der Waals surface area contributed by atoms with Crippen molar-refractivity contribution in [2.75, 3.05) is 17.3 Å². The molecule has 3 rings (SSSR count). The van der Waals surface area contributed by atoms with E-state index in [9.17, 15) is 14.4 Å². The summed E-state index contributed by atoms with van der Waals surface area (Å²) < 4.78 is 10.3. The molecule has 208 valence electrons. The van der Waals surface area contributed by atoms with Crippen molar-refractivity contribution in [1.82, 2.24) is 10.5 Å². The van der Waals surface area contributed by atoms with Gasteiger partial charge >= 0.3 is 0 Å². The third kappa shape index (κ3) is 7.69. The second kappa shape index (κ2) is 12.6. The van der Waals surface area contributed by atoms with Crippen LogP contribution in [0.5, 0.6) is 5.75 Å².